The maximum absolute atomic E-state index is 12.3. The lowest BCUT2D eigenvalue weighted by Crippen LogP contribution is -2.42. The van der Waals surface area contributed by atoms with Crippen molar-refractivity contribution in [1.29, 1.82) is 0 Å². The monoisotopic (exact) mass is 387 g/mol. The van der Waals surface area contributed by atoms with Crippen LogP contribution in [0.1, 0.15) is 23.2 Å². The Morgan fingerprint density at radius 3 is 2.61 bits per heavy atom. The molecule has 3 amide bonds. The van der Waals surface area contributed by atoms with Gasteiger partial charge in [0, 0.05) is 19.6 Å². The number of rotatable bonds is 6. The van der Waals surface area contributed by atoms with Crippen LogP contribution in [0, 0.1) is 5.92 Å². The number of urea groups is 1. The molecule has 8 nitrogen and oxygen atoms in total. The van der Waals surface area contributed by atoms with Crippen molar-refractivity contribution in [3.05, 3.63) is 42.4 Å². The number of nitrogens with zero attached hydrogens (tertiary/aromatic N) is 1. The van der Waals surface area contributed by atoms with E-state index < -0.39 is 0 Å². The topological polar surface area (TPSA) is 93.0 Å². The molecule has 0 bridgehead atoms. The van der Waals surface area contributed by atoms with Gasteiger partial charge in [0.05, 0.1) is 31.7 Å². The van der Waals surface area contributed by atoms with E-state index in [1.807, 2.05) is 4.90 Å². The van der Waals surface area contributed by atoms with Crippen LogP contribution >= 0.6 is 0 Å². The summed E-state index contributed by atoms with van der Waals surface area (Å²) in [5.74, 6) is 1.34. The van der Waals surface area contributed by atoms with Crippen LogP contribution in [0.15, 0.2) is 41.2 Å². The molecule has 3 rings (SSSR count). The number of para-hydroxylation sites is 1. The Balaban J connectivity index is 1.45. The lowest BCUT2D eigenvalue weighted by molar-refractivity contribution is 0.0690. The summed E-state index contributed by atoms with van der Waals surface area (Å²) >= 11 is 0. The van der Waals surface area contributed by atoms with Gasteiger partial charge in [0.25, 0.3) is 5.91 Å². The third-order valence-electron chi connectivity index (χ3n) is 4.87. The fourth-order valence-electron chi connectivity index (χ4n) is 3.30. The summed E-state index contributed by atoms with van der Waals surface area (Å²) < 4.78 is 15.5. The van der Waals surface area contributed by atoms with E-state index in [9.17, 15) is 9.59 Å². The number of hydrogen-bond acceptors (Lipinski definition) is 5. The number of ether oxygens (including phenoxy) is 2. The van der Waals surface area contributed by atoms with E-state index in [4.69, 9.17) is 13.9 Å². The summed E-state index contributed by atoms with van der Waals surface area (Å²) in [5.41, 5.74) is 1.11. The Hall–Kier alpha value is -3.16. The Labute approximate surface area is 163 Å². The third-order valence-corrected chi connectivity index (χ3v) is 4.87. The van der Waals surface area contributed by atoms with E-state index in [2.05, 4.69) is 10.6 Å². The van der Waals surface area contributed by atoms with Crippen molar-refractivity contribution in [1.82, 2.24) is 10.2 Å². The van der Waals surface area contributed by atoms with Crippen LogP contribution in [0.25, 0.3) is 0 Å². The molecule has 0 aliphatic carbocycles. The molecule has 0 unspecified atom stereocenters. The van der Waals surface area contributed by atoms with Crippen molar-refractivity contribution in [3.8, 4) is 11.5 Å². The molecule has 1 aromatic heterocycles. The number of methoxy groups -OCH3 is 2. The van der Waals surface area contributed by atoms with Gasteiger partial charge in [0.15, 0.2) is 11.5 Å². The van der Waals surface area contributed by atoms with Crippen LogP contribution in [0.3, 0.4) is 0 Å². The van der Waals surface area contributed by atoms with Gasteiger partial charge in [-0.15, -0.1) is 0 Å². The molecule has 0 saturated carbocycles. The number of nitrogens with one attached hydrogen (secondary N) is 2. The number of benzene rings is 1. The van der Waals surface area contributed by atoms with Crippen LogP contribution in [0.2, 0.25) is 0 Å². The standard InChI is InChI=1S/C20H25N3O5/c1-26-17-5-3-4-16(18(17)27-2)22-20(25)21-12-14-6-9-23(10-7-14)19(24)15-8-11-28-13-15/h3-5,8,11,13-14H,6-7,9-10,12H2,1-2H3,(H2,21,22,25). The van der Waals surface area contributed by atoms with E-state index in [0.29, 0.717) is 48.3 Å². The summed E-state index contributed by atoms with van der Waals surface area (Å²) in [4.78, 5) is 26.4. The molecule has 8 heteroatoms. The summed E-state index contributed by atoms with van der Waals surface area (Å²) in [6, 6.07) is 6.67. The highest BCUT2D eigenvalue weighted by Gasteiger charge is 2.24. The van der Waals surface area contributed by atoms with Crippen molar-refractivity contribution in [3.63, 3.8) is 0 Å². The Morgan fingerprint density at radius 2 is 1.96 bits per heavy atom. The first-order valence-electron chi connectivity index (χ1n) is 9.19. The molecule has 2 heterocycles. The number of amides is 3. The number of likely N-dealkylation sites (tertiary alicyclic amines) is 1. The number of carbonyl (C=O) groups excluding carboxylic acids is 2. The minimum Gasteiger partial charge on any atom is -0.493 e. The normalized spacial score (nSPS) is 14.4. The zero-order valence-corrected chi connectivity index (χ0v) is 16.1. The molecule has 2 N–H and O–H groups in total. The van der Waals surface area contributed by atoms with Gasteiger partial charge in [0.2, 0.25) is 0 Å². The summed E-state index contributed by atoms with van der Waals surface area (Å²) in [7, 11) is 3.07. The predicted octanol–water partition coefficient (Wildman–Crippen LogP) is 2.97. The maximum Gasteiger partial charge on any atom is 0.319 e. The molecule has 1 saturated heterocycles. The van der Waals surface area contributed by atoms with E-state index in [0.717, 1.165) is 12.8 Å². The fraction of sp³-hybridized carbons (Fsp3) is 0.400. The first-order chi connectivity index (χ1) is 13.6. The second-order valence-electron chi connectivity index (χ2n) is 6.62. The second kappa shape index (κ2) is 9.16. The van der Waals surface area contributed by atoms with Gasteiger partial charge in [0.1, 0.15) is 6.26 Å². The minimum atomic E-state index is -0.302. The van der Waals surface area contributed by atoms with Gasteiger partial charge in [-0.05, 0) is 37.0 Å². The SMILES string of the molecule is COc1cccc(NC(=O)NCC2CCN(C(=O)c3ccoc3)CC2)c1OC. The molecule has 1 aliphatic heterocycles. The molecule has 0 spiro atoms. The van der Waals surface area contributed by atoms with Gasteiger partial charge in [-0.25, -0.2) is 4.79 Å². The molecule has 0 radical (unpaired) electrons. The van der Waals surface area contributed by atoms with E-state index in [1.54, 1.807) is 31.4 Å². The van der Waals surface area contributed by atoms with Crippen molar-refractivity contribution >= 4 is 17.6 Å². The molecular formula is C20H25N3O5. The minimum absolute atomic E-state index is 0.0111. The number of piperidine rings is 1. The maximum atomic E-state index is 12.3. The predicted molar refractivity (Wildman–Crippen MR) is 104 cm³/mol. The fourth-order valence-corrected chi connectivity index (χ4v) is 3.30. The molecule has 1 aromatic carbocycles. The summed E-state index contributed by atoms with van der Waals surface area (Å²) in [5, 5.41) is 5.69. The molecule has 0 atom stereocenters. The van der Waals surface area contributed by atoms with Crippen molar-refractivity contribution in [2.24, 2.45) is 5.92 Å². The second-order valence-corrected chi connectivity index (χ2v) is 6.62. The zero-order valence-electron chi connectivity index (χ0n) is 16.1. The van der Waals surface area contributed by atoms with Crippen LogP contribution in [0.4, 0.5) is 10.5 Å². The molecule has 2 aromatic rings. The zero-order chi connectivity index (χ0) is 19.9. The van der Waals surface area contributed by atoms with Crippen LogP contribution < -0.4 is 20.1 Å². The average Bonchev–Trinajstić information content (AvgIpc) is 3.26. The van der Waals surface area contributed by atoms with Crippen LogP contribution in [-0.2, 0) is 0 Å². The Morgan fingerprint density at radius 1 is 1.18 bits per heavy atom. The van der Waals surface area contributed by atoms with Gasteiger partial charge in [-0.3, -0.25) is 4.79 Å². The molecule has 28 heavy (non-hydrogen) atoms. The number of carbonyl (C=O) groups is 2. The molecular weight excluding hydrogens is 362 g/mol. The van der Waals surface area contributed by atoms with Crippen LogP contribution in [0.5, 0.6) is 11.5 Å². The van der Waals surface area contributed by atoms with Crippen LogP contribution in [-0.4, -0.2) is 50.7 Å². The Bertz CT molecular complexity index is 798. The molecule has 150 valence electrons. The van der Waals surface area contributed by atoms with Crippen molar-refractivity contribution in [2.45, 2.75) is 12.8 Å². The highest BCUT2D eigenvalue weighted by molar-refractivity contribution is 5.94. The van der Waals surface area contributed by atoms with E-state index in [-0.39, 0.29) is 11.9 Å². The Kier molecular flexibility index (Phi) is 6.41. The highest BCUT2D eigenvalue weighted by atomic mass is 16.5. The lowest BCUT2D eigenvalue weighted by Gasteiger charge is -2.31. The molecule has 1 fully saturated rings. The van der Waals surface area contributed by atoms with E-state index in [1.165, 1.54) is 19.6 Å². The van der Waals surface area contributed by atoms with Crippen molar-refractivity contribution in [2.75, 3.05) is 39.2 Å². The first kappa shape index (κ1) is 19.6. The highest BCUT2D eigenvalue weighted by Crippen LogP contribution is 2.34. The number of furan rings is 1. The summed E-state index contributed by atoms with van der Waals surface area (Å²) in [6.07, 6.45) is 4.64. The quantitative estimate of drug-likeness (QED) is 0.795. The first-order valence-corrected chi connectivity index (χ1v) is 9.19. The summed E-state index contributed by atoms with van der Waals surface area (Å²) in [6.45, 7) is 1.88. The number of hydrogen-bond donors (Lipinski definition) is 2. The van der Waals surface area contributed by atoms with Gasteiger partial charge >= 0.3 is 6.03 Å². The van der Waals surface area contributed by atoms with Gasteiger partial charge < -0.3 is 29.4 Å². The van der Waals surface area contributed by atoms with Gasteiger partial charge in [-0.2, -0.15) is 0 Å². The molecule has 1 aliphatic rings. The third kappa shape index (κ3) is 4.57. The number of anilines is 1. The smallest absolute Gasteiger partial charge is 0.319 e. The largest absolute Gasteiger partial charge is 0.493 e. The lowest BCUT2D eigenvalue weighted by atomic mass is 9.96. The van der Waals surface area contributed by atoms with E-state index >= 15 is 0 Å². The van der Waals surface area contributed by atoms with Crippen molar-refractivity contribution < 1.29 is 23.5 Å². The average molecular weight is 387 g/mol. The van der Waals surface area contributed by atoms with Gasteiger partial charge in [-0.1, -0.05) is 6.07 Å².